The highest BCUT2D eigenvalue weighted by Gasteiger charge is 2.17. The maximum absolute atomic E-state index is 12.1. The Hall–Kier alpha value is -2.93. The molecule has 2 rings (SSSR count). The van der Waals surface area contributed by atoms with E-state index in [4.69, 9.17) is 5.11 Å². The number of nitro groups is 1. The fourth-order valence-corrected chi connectivity index (χ4v) is 2.33. The quantitative estimate of drug-likeness (QED) is 0.600. The van der Waals surface area contributed by atoms with Crippen molar-refractivity contribution < 1.29 is 14.8 Å². The van der Waals surface area contributed by atoms with E-state index in [1.807, 2.05) is 12.1 Å². The summed E-state index contributed by atoms with van der Waals surface area (Å²) in [6.07, 6.45) is 0.564. The van der Waals surface area contributed by atoms with E-state index in [9.17, 15) is 14.9 Å². The van der Waals surface area contributed by atoms with E-state index in [1.165, 1.54) is 11.0 Å². The van der Waals surface area contributed by atoms with Crippen molar-refractivity contribution in [3.05, 3.63) is 64.2 Å². The molecular formula is C17H19N3O4. The van der Waals surface area contributed by atoms with Crippen LogP contribution in [0.4, 0.5) is 17.1 Å². The number of para-hydroxylation sites is 2. The van der Waals surface area contributed by atoms with Crippen LogP contribution in [0.25, 0.3) is 0 Å². The predicted molar refractivity (Wildman–Crippen MR) is 92.2 cm³/mol. The number of nitro benzene ring substituents is 1. The standard InChI is InChI=1S/C17H19N3O4/c1-19(15-4-2-3-5-16(15)20(23)24)12-17(22)18-14-8-6-13(7-9-14)10-11-21/h2-9,21H,10-12H2,1H3,(H,18,22). The third-order valence-corrected chi connectivity index (χ3v) is 3.51. The Kier molecular flexibility index (Phi) is 5.86. The third kappa shape index (κ3) is 4.53. The lowest BCUT2D eigenvalue weighted by Gasteiger charge is -2.18. The molecule has 0 heterocycles. The summed E-state index contributed by atoms with van der Waals surface area (Å²) >= 11 is 0. The van der Waals surface area contributed by atoms with Gasteiger partial charge in [0.1, 0.15) is 5.69 Å². The molecule has 0 fully saturated rings. The molecule has 1 amide bonds. The van der Waals surface area contributed by atoms with Crippen LogP contribution in [0, 0.1) is 10.1 Å². The van der Waals surface area contributed by atoms with Crippen molar-refractivity contribution >= 4 is 23.0 Å². The van der Waals surface area contributed by atoms with Crippen molar-refractivity contribution in [2.75, 3.05) is 30.4 Å². The Balaban J connectivity index is 2.00. The molecule has 2 aromatic rings. The predicted octanol–water partition coefficient (Wildman–Crippen LogP) is 2.20. The SMILES string of the molecule is CN(CC(=O)Nc1ccc(CCO)cc1)c1ccccc1[N+](=O)[O-]. The zero-order chi connectivity index (χ0) is 17.5. The lowest BCUT2D eigenvalue weighted by atomic mass is 10.1. The van der Waals surface area contributed by atoms with Crippen LogP contribution < -0.4 is 10.2 Å². The number of carbonyl (C=O) groups is 1. The van der Waals surface area contributed by atoms with Crippen LogP contribution in [-0.4, -0.2) is 36.1 Å². The van der Waals surface area contributed by atoms with Crippen molar-refractivity contribution in [2.24, 2.45) is 0 Å². The minimum absolute atomic E-state index is 0.0107. The first-order chi connectivity index (χ1) is 11.5. The van der Waals surface area contributed by atoms with Crippen LogP contribution in [0.2, 0.25) is 0 Å². The molecule has 7 nitrogen and oxygen atoms in total. The van der Waals surface area contributed by atoms with Gasteiger partial charge in [-0.05, 0) is 30.2 Å². The molecule has 0 radical (unpaired) electrons. The third-order valence-electron chi connectivity index (χ3n) is 3.51. The molecular weight excluding hydrogens is 310 g/mol. The Bertz CT molecular complexity index is 716. The van der Waals surface area contributed by atoms with Gasteiger partial charge in [0.05, 0.1) is 11.5 Å². The highest BCUT2D eigenvalue weighted by atomic mass is 16.6. The van der Waals surface area contributed by atoms with Gasteiger partial charge in [-0.25, -0.2) is 0 Å². The molecule has 0 unspecified atom stereocenters. The minimum Gasteiger partial charge on any atom is -0.396 e. The van der Waals surface area contributed by atoms with Crippen molar-refractivity contribution in [1.29, 1.82) is 0 Å². The Labute approximate surface area is 139 Å². The summed E-state index contributed by atoms with van der Waals surface area (Å²) < 4.78 is 0. The number of aliphatic hydroxyl groups is 1. The highest BCUT2D eigenvalue weighted by Crippen LogP contribution is 2.26. The first-order valence-corrected chi connectivity index (χ1v) is 7.45. The van der Waals surface area contributed by atoms with Gasteiger partial charge in [-0.2, -0.15) is 0 Å². The molecule has 0 saturated carbocycles. The first-order valence-electron chi connectivity index (χ1n) is 7.45. The van der Waals surface area contributed by atoms with Crippen molar-refractivity contribution in [3.8, 4) is 0 Å². The monoisotopic (exact) mass is 329 g/mol. The van der Waals surface area contributed by atoms with E-state index in [0.717, 1.165) is 5.56 Å². The van der Waals surface area contributed by atoms with Crippen molar-refractivity contribution in [2.45, 2.75) is 6.42 Å². The van der Waals surface area contributed by atoms with Gasteiger partial charge in [-0.1, -0.05) is 24.3 Å². The van der Waals surface area contributed by atoms with Gasteiger partial charge in [0.15, 0.2) is 0 Å². The van der Waals surface area contributed by atoms with Crippen LogP contribution in [0.5, 0.6) is 0 Å². The molecule has 0 aliphatic heterocycles. The number of amides is 1. The molecule has 0 atom stereocenters. The van der Waals surface area contributed by atoms with Gasteiger partial charge in [0.25, 0.3) is 5.69 Å². The molecule has 0 aliphatic rings. The van der Waals surface area contributed by atoms with Gasteiger partial charge in [0, 0.05) is 25.4 Å². The molecule has 2 aromatic carbocycles. The van der Waals surface area contributed by atoms with E-state index < -0.39 is 4.92 Å². The average Bonchev–Trinajstić information content (AvgIpc) is 2.56. The molecule has 0 aromatic heterocycles. The van der Waals surface area contributed by atoms with E-state index in [2.05, 4.69) is 5.32 Å². The van der Waals surface area contributed by atoms with Gasteiger partial charge >= 0.3 is 0 Å². The maximum atomic E-state index is 12.1. The zero-order valence-electron chi connectivity index (χ0n) is 13.3. The molecule has 0 aliphatic carbocycles. The van der Waals surface area contributed by atoms with Crippen LogP contribution in [-0.2, 0) is 11.2 Å². The number of hydrogen-bond donors (Lipinski definition) is 2. The fraction of sp³-hybridized carbons (Fsp3) is 0.235. The largest absolute Gasteiger partial charge is 0.396 e. The summed E-state index contributed by atoms with van der Waals surface area (Å²) in [6, 6.07) is 13.5. The van der Waals surface area contributed by atoms with Gasteiger partial charge in [-0.15, -0.1) is 0 Å². The zero-order valence-corrected chi connectivity index (χ0v) is 13.3. The smallest absolute Gasteiger partial charge is 0.292 e. The van der Waals surface area contributed by atoms with Crippen molar-refractivity contribution in [3.63, 3.8) is 0 Å². The molecule has 2 N–H and O–H groups in total. The number of anilines is 2. The Morgan fingerprint density at radius 1 is 1.21 bits per heavy atom. The Morgan fingerprint density at radius 3 is 2.50 bits per heavy atom. The first kappa shape index (κ1) is 17.4. The molecule has 24 heavy (non-hydrogen) atoms. The summed E-state index contributed by atoms with van der Waals surface area (Å²) in [5, 5.41) is 22.7. The fourth-order valence-electron chi connectivity index (χ4n) is 2.33. The molecule has 7 heteroatoms. The van der Waals surface area contributed by atoms with Crippen molar-refractivity contribution in [1.82, 2.24) is 0 Å². The number of aliphatic hydroxyl groups excluding tert-OH is 1. The number of carbonyl (C=O) groups excluding carboxylic acids is 1. The summed E-state index contributed by atoms with van der Waals surface area (Å²) in [4.78, 5) is 24.2. The Morgan fingerprint density at radius 2 is 1.88 bits per heavy atom. The number of nitrogens with one attached hydrogen (secondary N) is 1. The maximum Gasteiger partial charge on any atom is 0.292 e. The van der Waals surface area contributed by atoms with E-state index in [1.54, 1.807) is 37.4 Å². The van der Waals surface area contributed by atoms with Crippen LogP contribution in [0.3, 0.4) is 0 Å². The topological polar surface area (TPSA) is 95.7 Å². The second-order valence-electron chi connectivity index (χ2n) is 5.32. The lowest BCUT2D eigenvalue weighted by Crippen LogP contribution is -2.30. The van der Waals surface area contributed by atoms with Crippen LogP contribution >= 0.6 is 0 Å². The van der Waals surface area contributed by atoms with Gasteiger partial charge in [-0.3, -0.25) is 14.9 Å². The minimum atomic E-state index is -0.469. The number of rotatable bonds is 7. The van der Waals surface area contributed by atoms with Gasteiger partial charge in [0.2, 0.25) is 5.91 Å². The normalized spacial score (nSPS) is 10.2. The van der Waals surface area contributed by atoms with E-state index in [0.29, 0.717) is 17.8 Å². The second kappa shape index (κ2) is 8.07. The molecule has 0 saturated heterocycles. The number of benzene rings is 2. The molecule has 0 bridgehead atoms. The molecule has 126 valence electrons. The van der Waals surface area contributed by atoms with Gasteiger partial charge < -0.3 is 15.3 Å². The molecule has 0 spiro atoms. The summed E-state index contributed by atoms with van der Waals surface area (Å²) in [7, 11) is 1.63. The number of likely N-dealkylation sites (N-methyl/N-ethyl adjacent to an activating group) is 1. The van der Waals surface area contributed by atoms with E-state index >= 15 is 0 Å². The van der Waals surface area contributed by atoms with Crippen LogP contribution in [0.15, 0.2) is 48.5 Å². The second-order valence-corrected chi connectivity index (χ2v) is 5.32. The average molecular weight is 329 g/mol. The summed E-state index contributed by atoms with van der Waals surface area (Å²) in [5.74, 6) is -0.273. The number of nitrogens with zero attached hydrogens (tertiary/aromatic N) is 2. The van der Waals surface area contributed by atoms with E-state index in [-0.39, 0.29) is 24.7 Å². The number of hydrogen-bond acceptors (Lipinski definition) is 5. The highest BCUT2D eigenvalue weighted by molar-refractivity contribution is 5.94. The van der Waals surface area contributed by atoms with Crippen LogP contribution in [0.1, 0.15) is 5.56 Å². The summed E-state index contributed by atoms with van der Waals surface area (Å²) in [6.45, 7) is 0.0651. The summed E-state index contributed by atoms with van der Waals surface area (Å²) in [5.41, 5.74) is 1.96. The lowest BCUT2D eigenvalue weighted by molar-refractivity contribution is -0.384.